The molecule has 3 aromatic rings. The molecule has 196 valence electrons. The summed E-state index contributed by atoms with van der Waals surface area (Å²) < 4.78 is 55.2. The maximum atomic E-state index is 12.9. The minimum absolute atomic E-state index is 0.0586. The molecule has 11 heteroatoms. The lowest BCUT2D eigenvalue weighted by Gasteiger charge is -2.26. The van der Waals surface area contributed by atoms with Crippen LogP contribution in [0.2, 0.25) is 0 Å². The van der Waals surface area contributed by atoms with Gasteiger partial charge in [0.05, 0.1) is 18.8 Å². The van der Waals surface area contributed by atoms with E-state index in [1.807, 2.05) is 31.2 Å². The Morgan fingerprint density at radius 1 is 1.11 bits per heavy atom. The number of hydrogen-bond donors (Lipinski definition) is 1. The van der Waals surface area contributed by atoms with E-state index in [0.717, 1.165) is 46.3 Å². The molecular formula is C26H25F3N2O5S. The predicted molar refractivity (Wildman–Crippen MR) is 130 cm³/mol. The van der Waals surface area contributed by atoms with E-state index in [0.29, 0.717) is 31.3 Å². The average molecular weight is 535 g/mol. The number of nitrogens with zero attached hydrogens (tertiary/aromatic N) is 2. The number of benzene rings is 2. The Balaban J connectivity index is 1.56. The Morgan fingerprint density at radius 2 is 1.89 bits per heavy atom. The van der Waals surface area contributed by atoms with Gasteiger partial charge in [0.2, 0.25) is 5.88 Å². The van der Waals surface area contributed by atoms with Crippen molar-refractivity contribution in [1.82, 2.24) is 9.88 Å². The molecule has 0 spiro atoms. The molecule has 2 aromatic carbocycles. The second-order valence-corrected chi connectivity index (χ2v) is 9.54. The van der Waals surface area contributed by atoms with Crippen molar-refractivity contribution in [3.8, 4) is 17.4 Å². The molecule has 0 aliphatic carbocycles. The maximum absolute atomic E-state index is 12.9. The van der Waals surface area contributed by atoms with Gasteiger partial charge >= 0.3 is 12.1 Å². The number of aliphatic carboxylic acids is 1. The second kappa shape index (κ2) is 11.8. The molecule has 1 saturated heterocycles. The summed E-state index contributed by atoms with van der Waals surface area (Å²) in [5, 5.41) is 8.83. The van der Waals surface area contributed by atoms with Gasteiger partial charge < -0.3 is 19.3 Å². The van der Waals surface area contributed by atoms with Crippen molar-refractivity contribution in [2.45, 2.75) is 29.4 Å². The van der Waals surface area contributed by atoms with E-state index in [9.17, 15) is 18.0 Å². The summed E-state index contributed by atoms with van der Waals surface area (Å²) in [5.74, 6) is -0.0443. The van der Waals surface area contributed by atoms with Crippen molar-refractivity contribution in [1.29, 1.82) is 0 Å². The number of hydrogen-bond acceptors (Lipinski definition) is 7. The summed E-state index contributed by atoms with van der Waals surface area (Å²) >= 11 is 1.48. The normalized spacial score (nSPS) is 14.4. The number of halogens is 3. The fraction of sp³-hybridized carbons (Fsp3) is 0.308. The average Bonchev–Trinajstić information content (AvgIpc) is 2.84. The van der Waals surface area contributed by atoms with Gasteiger partial charge in [-0.1, -0.05) is 11.8 Å². The van der Waals surface area contributed by atoms with E-state index in [4.69, 9.17) is 19.3 Å². The van der Waals surface area contributed by atoms with Gasteiger partial charge in [-0.15, -0.1) is 0 Å². The van der Waals surface area contributed by atoms with Crippen LogP contribution in [0.4, 0.5) is 13.2 Å². The summed E-state index contributed by atoms with van der Waals surface area (Å²) in [6.45, 7) is 4.98. The summed E-state index contributed by atoms with van der Waals surface area (Å²) in [6, 6.07) is 13.3. The van der Waals surface area contributed by atoms with Gasteiger partial charge in [0, 0.05) is 41.7 Å². The van der Waals surface area contributed by atoms with E-state index in [1.165, 1.54) is 17.8 Å². The van der Waals surface area contributed by atoms with Crippen LogP contribution in [0.1, 0.15) is 16.7 Å². The van der Waals surface area contributed by atoms with Crippen LogP contribution in [0, 0.1) is 6.92 Å². The third kappa shape index (κ3) is 7.85. The van der Waals surface area contributed by atoms with Crippen molar-refractivity contribution in [3.05, 3.63) is 71.4 Å². The number of pyridine rings is 1. The molecule has 0 unspecified atom stereocenters. The molecule has 4 rings (SSSR count). The van der Waals surface area contributed by atoms with E-state index < -0.39 is 24.3 Å². The first-order valence-electron chi connectivity index (χ1n) is 11.4. The molecule has 0 radical (unpaired) electrons. The molecule has 0 atom stereocenters. The van der Waals surface area contributed by atoms with E-state index in [2.05, 4.69) is 9.88 Å². The first-order valence-corrected chi connectivity index (χ1v) is 12.3. The maximum Gasteiger partial charge on any atom is 0.417 e. The number of aryl methyl sites for hydroxylation is 1. The third-order valence-corrected chi connectivity index (χ3v) is 6.43. The quantitative estimate of drug-likeness (QED) is 0.377. The number of carboxylic acids is 1. The molecular weight excluding hydrogens is 509 g/mol. The Hall–Kier alpha value is -3.28. The van der Waals surface area contributed by atoms with E-state index >= 15 is 0 Å². The largest absolute Gasteiger partial charge is 0.482 e. The summed E-state index contributed by atoms with van der Waals surface area (Å²) in [7, 11) is 0. The Labute approximate surface area is 216 Å². The van der Waals surface area contributed by atoms with Crippen LogP contribution in [0.25, 0.3) is 0 Å². The van der Waals surface area contributed by atoms with Crippen LogP contribution in [0.15, 0.2) is 64.5 Å². The lowest BCUT2D eigenvalue weighted by Crippen LogP contribution is -2.35. The molecule has 1 aliphatic rings. The molecule has 2 heterocycles. The first kappa shape index (κ1) is 26.8. The molecule has 37 heavy (non-hydrogen) atoms. The highest BCUT2D eigenvalue weighted by molar-refractivity contribution is 7.99. The van der Waals surface area contributed by atoms with Gasteiger partial charge in [-0.25, -0.2) is 9.78 Å². The fourth-order valence-corrected chi connectivity index (χ4v) is 4.74. The molecule has 0 amide bonds. The molecule has 7 nitrogen and oxygen atoms in total. The topological polar surface area (TPSA) is 81.1 Å². The van der Waals surface area contributed by atoms with Crippen LogP contribution in [0.3, 0.4) is 0 Å². The van der Waals surface area contributed by atoms with Crippen LogP contribution in [-0.4, -0.2) is 53.9 Å². The Kier molecular flexibility index (Phi) is 8.57. The molecule has 1 N–H and O–H groups in total. The SMILES string of the molecule is Cc1cc(Sc2cc(CN3CCOCC3)cc(Oc3ccc(C(F)(F)F)cn3)c2)ccc1OCC(=O)O. The number of morpholine rings is 1. The molecule has 0 saturated carbocycles. The van der Waals surface area contributed by atoms with Gasteiger partial charge in [0.25, 0.3) is 0 Å². The number of ether oxygens (including phenoxy) is 3. The Bertz CT molecular complexity index is 1230. The first-order chi connectivity index (χ1) is 17.7. The number of carboxylic acid groups (broad SMARTS) is 1. The zero-order valence-electron chi connectivity index (χ0n) is 20.0. The van der Waals surface area contributed by atoms with Gasteiger partial charge in [-0.05, 0) is 60.5 Å². The monoisotopic (exact) mass is 534 g/mol. The Morgan fingerprint density at radius 3 is 2.54 bits per heavy atom. The van der Waals surface area contributed by atoms with Crippen LogP contribution < -0.4 is 9.47 Å². The van der Waals surface area contributed by atoms with E-state index in [1.54, 1.807) is 12.1 Å². The fourth-order valence-electron chi connectivity index (χ4n) is 3.71. The lowest BCUT2D eigenvalue weighted by atomic mass is 10.2. The van der Waals surface area contributed by atoms with Crippen LogP contribution >= 0.6 is 11.8 Å². The minimum atomic E-state index is -4.47. The molecule has 1 aromatic heterocycles. The predicted octanol–water partition coefficient (Wildman–Crippen LogP) is 5.65. The molecule has 0 bridgehead atoms. The zero-order valence-corrected chi connectivity index (χ0v) is 20.8. The van der Waals surface area contributed by atoms with Gasteiger partial charge in [-0.3, -0.25) is 4.90 Å². The highest BCUT2D eigenvalue weighted by atomic mass is 32.2. The smallest absolute Gasteiger partial charge is 0.417 e. The summed E-state index contributed by atoms with van der Waals surface area (Å²) in [6.07, 6.45) is -3.72. The van der Waals surface area contributed by atoms with Crippen molar-refractivity contribution in [2.75, 3.05) is 32.9 Å². The molecule has 1 fully saturated rings. The summed E-state index contributed by atoms with van der Waals surface area (Å²) in [5.41, 5.74) is 0.927. The van der Waals surface area contributed by atoms with Crippen LogP contribution in [-0.2, 0) is 22.3 Å². The number of aromatic nitrogens is 1. The van der Waals surface area contributed by atoms with Crippen molar-refractivity contribution in [2.24, 2.45) is 0 Å². The highest BCUT2D eigenvalue weighted by Crippen LogP contribution is 2.36. The van der Waals surface area contributed by atoms with Crippen LogP contribution in [0.5, 0.6) is 17.4 Å². The third-order valence-electron chi connectivity index (χ3n) is 5.47. The second-order valence-electron chi connectivity index (χ2n) is 8.40. The minimum Gasteiger partial charge on any atom is -0.482 e. The number of alkyl halides is 3. The van der Waals surface area contributed by atoms with Crippen molar-refractivity contribution >= 4 is 17.7 Å². The highest BCUT2D eigenvalue weighted by Gasteiger charge is 2.30. The summed E-state index contributed by atoms with van der Waals surface area (Å²) in [4.78, 5) is 18.6. The standard InChI is InChI=1S/C26H25F3N2O5S/c1-17-10-21(3-4-23(17)35-16-25(32)33)37-22-12-18(15-31-6-8-34-9-7-31)11-20(13-22)36-24-5-2-19(14-30-24)26(27,28)29/h2-5,10-14H,6-9,15-16H2,1H3,(H,32,33). The molecule has 1 aliphatic heterocycles. The zero-order chi connectivity index (χ0) is 26.4. The van der Waals surface area contributed by atoms with Gasteiger partial charge in [-0.2, -0.15) is 13.2 Å². The van der Waals surface area contributed by atoms with Gasteiger partial charge in [0.1, 0.15) is 11.5 Å². The van der Waals surface area contributed by atoms with E-state index in [-0.39, 0.29) is 5.88 Å². The lowest BCUT2D eigenvalue weighted by molar-refractivity contribution is -0.139. The number of carbonyl (C=O) groups is 1. The van der Waals surface area contributed by atoms with Gasteiger partial charge in [0.15, 0.2) is 6.61 Å². The number of rotatable bonds is 9. The van der Waals surface area contributed by atoms with Crippen molar-refractivity contribution < 1.29 is 37.3 Å². The van der Waals surface area contributed by atoms with Crippen molar-refractivity contribution in [3.63, 3.8) is 0 Å².